The van der Waals surface area contributed by atoms with Crippen LogP contribution in [-0.4, -0.2) is 25.0 Å². The number of ether oxygens (including phenoxy) is 1. The summed E-state index contributed by atoms with van der Waals surface area (Å²) in [5.74, 6) is 0.647. The summed E-state index contributed by atoms with van der Waals surface area (Å²) in [4.78, 5) is 23.9. The Kier molecular flexibility index (Phi) is 10.3. The predicted molar refractivity (Wildman–Crippen MR) is 123 cm³/mol. The summed E-state index contributed by atoms with van der Waals surface area (Å²) in [6.45, 7) is 5.00. The van der Waals surface area contributed by atoms with E-state index in [1.54, 1.807) is 0 Å². The van der Waals surface area contributed by atoms with Gasteiger partial charge in [-0.3, -0.25) is 9.59 Å². The third-order valence-corrected chi connectivity index (χ3v) is 4.48. The monoisotopic (exact) mass is 411 g/mol. The lowest BCUT2D eigenvalue weighted by Gasteiger charge is -2.11. The molecule has 2 rings (SSSR count). The van der Waals surface area contributed by atoms with Crippen LogP contribution in [0.15, 0.2) is 48.5 Å². The Morgan fingerprint density at radius 1 is 0.800 bits per heavy atom. The molecule has 0 heterocycles. The maximum Gasteiger partial charge on any atom is 0.243 e. The van der Waals surface area contributed by atoms with Crippen LogP contribution >= 0.6 is 0 Å². The summed E-state index contributed by atoms with van der Waals surface area (Å²) in [5.41, 5.74) is 2.20. The number of benzene rings is 2. The standard InChI is InChI=1S/C24H33N3O3/c1-3-5-6-7-16-30-22-14-12-19(13-15-22)26-24(29)18-25-20-10-8-11-21(17-20)27-23(28)9-4-2/h8,10-15,17,25H,3-7,9,16,18H2,1-2H3,(H,26,29)(H,27,28). The Hall–Kier alpha value is -3.02. The highest BCUT2D eigenvalue weighted by atomic mass is 16.5. The van der Waals surface area contributed by atoms with Gasteiger partial charge in [0.1, 0.15) is 5.75 Å². The lowest BCUT2D eigenvalue weighted by atomic mass is 10.2. The fraction of sp³-hybridized carbons (Fsp3) is 0.417. The molecule has 0 bridgehead atoms. The molecule has 2 aromatic rings. The first kappa shape index (κ1) is 23.3. The van der Waals surface area contributed by atoms with Crippen LogP contribution in [0, 0.1) is 0 Å². The van der Waals surface area contributed by atoms with E-state index in [1.165, 1.54) is 19.3 Å². The highest BCUT2D eigenvalue weighted by molar-refractivity contribution is 5.94. The van der Waals surface area contributed by atoms with Gasteiger partial charge in [-0.15, -0.1) is 0 Å². The van der Waals surface area contributed by atoms with Crippen molar-refractivity contribution in [1.82, 2.24) is 0 Å². The minimum absolute atomic E-state index is 0.0132. The van der Waals surface area contributed by atoms with Gasteiger partial charge in [-0.05, 0) is 55.3 Å². The fourth-order valence-electron chi connectivity index (χ4n) is 2.90. The first-order valence-electron chi connectivity index (χ1n) is 10.8. The zero-order valence-electron chi connectivity index (χ0n) is 18.0. The van der Waals surface area contributed by atoms with Crippen LogP contribution in [0.4, 0.5) is 17.1 Å². The van der Waals surface area contributed by atoms with Gasteiger partial charge in [0, 0.05) is 23.5 Å². The van der Waals surface area contributed by atoms with Crippen molar-refractivity contribution in [2.75, 3.05) is 29.1 Å². The molecule has 162 valence electrons. The molecule has 2 amide bonds. The second-order valence-electron chi connectivity index (χ2n) is 7.21. The van der Waals surface area contributed by atoms with Gasteiger partial charge in [-0.1, -0.05) is 39.2 Å². The number of hydrogen-bond donors (Lipinski definition) is 3. The Morgan fingerprint density at radius 2 is 1.53 bits per heavy atom. The highest BCUT2D eigenvalue weighted by Gasteiger charge is 2.05. The van der Waals surface area contributed by atoms with E-state index in [1.807, 2.05) is 55.5 Å². The molecule has 0 aliphatic carbocycles. The molecule has 6 nitrogen and oxygen atoms in total. The van der Waals surface area contributed by atoms with Crippen LogP contribution in [0.3, 0.4) is 0 Å². The van der Waals surface area contributed by atoms with E-state index in [2.05, 4.69) is 22.9 Å². The quantitative estimate of drug-likeness (QED) is 0.384. The van der Waals surface area contributed by atoms with E-state index in [-0.39, 0.29) is 18.4 Å². The van der Waals surface area contributed by atoms with Gasteiger partial charge in [0.05, 0.1) is 13.2 Å². The van der Waals surface area contributed by atoms with Gasteiger partial charge in [0.15, 0.2) is 0 Å². The Morgan fingerprint density at radius 3 is 2.27 bits per heavy atom. The molecular formula is C24H33N3O3. The molecule has 0 aliphatic rings. The number of nitrogens with one attached hydrogen (secondary N) is 3. The number of anilines is 3. The summed E-state index contributed by atoms with van der Waals surface area (Å²) in [6, 6.07) is 14.7. The Labute approximate surface area is 179 Å². The zero-order chi connectivity index (χ0) is 21.6. The van der Waals surface area contributed by atoms with Gasteiger partial charge in [0.25, 0.3) is 0 Å². The molecule has 0 saturated carbocycles. The lowest BCUT2D eigenvalue weighted by Crippen LogP contribution is -2.21. The van der Waals surface area contributed by atoms with Gasteiger partial charge in [-0.2, -0.15) is 0 Å². The van der Waals surface area contributed by atoms with E-state index in [4.69, 9.17) is 4.74 Å². The number of amides is 2. The molecule has 30 heavy (non-hydrogen) atoms. The molecule has 0 radical (unpaired) electrons. The minimum atomic E-state index is -0.149. The molecular weight excluding hydrogens is 378 g/mol. The molecule has 0 fully saturated rings. The predicted octanol–water partition coefficient (Wildman–Crippen LogP) is 5.43. The number of carbonyl (C=O) groups excluding carboxylic acids is 2. The van der Waals surface area contributed by atoms with E-state index in [0.29, 0.717) is 18.7 Å². The molecule has 0 saturated heterocycles. The molecule has 2 aromatic carbocycles. The fourth-order valence-corrected chi connectivity index (χ4v) is 2.90. The van der Waals surface area contributed by atoms with Crippen molar-refractivity contribution < 1.29 is 14.3 Å². The first-order valence-corrected chi connectivity index (χ1v) is 10.8. The number of carbonyl (C=O) groups is 2. The van der Waals surface area contributed by atoms with Crippen molar-refractivity contribution in [3.63, 3.8) is 0 Å². The topological polar surface area (TPSA) is 79.5 Å². The molecule has 6 heteroatoms. The van der Waals surface area contributed by atoms with Crippen LogP contribution in [0.25, 0.3) is 0 Å². The summed E-state index contributed by atoms with van der Waals surface area (Å²) >= 11 is 0. The molecule has 0 aromatic heterocycles. The number of unbranched alkanes of at least 4 members (excludes halogenated alkanes) is 3. The van der Waals surface area contributed by atoms with Crippen molar-refractivity contribution in [2.45, 2.75) is 52.4 Å². The van der Waals surface area contributed by atoms with Gasteiger partial charge in [-0.25, -0.2) is 0 Å². The molecule has 0 unspecified atom stereocenters. The lowest BCUT2D eigenvalue weighted by molar-refractivity contribution is -0.116. The highest BCUT2D eigenvalue weighted by Crippen LogP contribution is 2.17. The van der Waals surface area contributed by atoms with Crippen molar-refractivity contribution in [1.29, 1.82) is 0 Å². The third kappa shape index (κ3) is 8.99. The van der Waals surface area contributed by atoms with Gasteiger partial charge >= 0.3 is 0 Å². The van der Waals surface area contributed by atoms with Crippen molar-refractivity contribution in [2.24, 2.45) is 0 Å². The summed E-state index contributed by atoms with van der Waals surface area (Å²) in [5, 5.41) is 8.79. The second-order valence-corrected chi connectivity index (χ2v) is 7.21. The van der Waals surface area contributed by atoms with E-state index < -0.39 is 0 Å². The molecule has 0 spiro atoms. The van der Waals surface area contributed by atoms with E-state index in [9.17, 15) is 9.59 Å². The third-order valence-electron chi connectivity index (χ3n) is 4.48. The van der Waals surface area contributed by atoms with Crippen LogP contribution in [-0.2, 0) is 9.59 Å². The maximum atomic E-state index is 12.2. The number of rotatable bonds is 13. The van der Waals surface area contributed by atoms with Crippen molar-refractivity contribution >= 4 is 28.9 Å². The van der Waals surface area contributed by atoms with E-state index >= 15 is 0 Å². The second kappa shape index (κ2) is 13.2. The summed E-state index contributed by atoms with van der Waals surface area (Å²) < 4.78 is 5.72. The maximum absolute atomic E-state index is 12.2. The molecule has 0 aliphatic heterocycles. The van der Waals surface area contributed by atoms with Crippen LogP contribution in [0.5, 0.6) is 5.75 Å². The summed E-state index contributed by atoms with van der Waals surface area (Å²) in [7, 11) is 0. The summed E-state index contributed by atoms with van der Waals surface area (Å²) in [6.07, 6.45) is 5.98. The first-order chi connectivity index (χ1) is 14.6. The Balaban J connectivity index is 1.74. The molecule has 3 N–H and O–H groups in total. The average Bonchev–Trinajstić information content (AvgIpc) is 2.74. The normalized spacial score (nSPS) is 10.3. The minimum Gasteiger partial charge on any atom is -0.494 e. The SMILES string of the molecule is CCCCCCOc1ccc(NC(=O)CNc2cccc(NC(=O)CCC)c2)cc1. The van der Waals surface area contributed by atoms with E-state index in [0.717, 1.165) is 30.0 Å². The van der Waals surface area contributed by atoms with Crippen LogP contribution in [0.1, 0.15) is 52.4 Å². The smallest absolute Gasteiger partial charge is 0.243 e. The largest absolute Gasteiger partial charge is 0.494 e. The van der Waals surface area contributed by atoms with Gasteiger partial charge < -0.3 is 20.7 Å². The van der Waals surface area contributed by atoms with Crippen LogP contribution < -0.4 is 20.7 Å². The zero-order valence-corrected chi connectivity index (χ0v) is 18.0. The van der Waals surface area contributed by atoms with Crippen molar-refractivity contribution in [3.8, 4) is 5.75 Å². The molecule has 0 atom stereocenters. The number of hydrogen-bond acceptors (Lipinski definition) is 4. The van der Waals surface area contributed by atoms with Crippen molar-refractivity contribution in [3.05, 3.63) is 48.5 Å². The Bertz CT molecular complexity index is 791. The van der Waals surface area contributed by atoms with Crippen LogP contribution in [0.2, 0.25) is 0 Å². The van der Waals surface area contributed by atoms with Gasteiger partial charge in [0.2, 0.25) is 11.8 Å². The average molecular weight is 412 g/mol.